The molecule has 0 spiro atoms. The van der Waals surface area contributed by atoms with Crippen LogP contribution in [-0.4, -0.2) is 57.1 Å². The minimum absolute atomic E-state index is 0.0490. The van der Waals surface area contributed by atoms with Crippen molar-refractivity contribution in [3.05, 3.63) is 46.2 Å². The molecule has 1 amide bonds. The zero-order valence-electron chi connectivity index (χ0n) is 19.6. The fourth-order valence-corrected chi connectivity index (χ4v) is 3.67. The number of aryl methyl sites for hydroxylation is 2. The Morgan fingerprint density at radius 2 is 1.94 bits per heavy atom. The molecule has 3 rings (SSSR count). The maximum absolute atomic E-state index is 11.1. The quantitative estimate of drug-likeness (QED) is 0.396. The molecule has 0 aliphatic heterocycles. The van der Waals surface area contributed by atoms with Crippen LogP contribution in [0.3, 0.4) is 0 Å². The van der Waals surface area contributed by atoms with Crippen molar-refractivity contribution >= 4 is 17.5 Å². The Hall–Kier alpha value is -3.01. The Bertz CT molecular complexity index is 1130. The lowest BCUT2D eigenvalue weighted by Crippen LogP contribution is -2.36. The number of pyridine rings is 1. The number of aliphatic hydroxyl groups excluding tert-OH is 2. The van der Waals surface area contributed by atoms with E-state index in [1.807, 2.05) is 26.0 Å². The van der Waals surface area contributed by atoms with E-state index in [9.17, 15) is 9.90 Å². The Morgan fingerprint density at radius 1 is 1.21 bits per heavy atom. The summed E-state index contributed by atoms with van der Waals surface area (Å²) >= 11 is 6.42. The molecule has 0 saturated carbocycles. The van der Waals surface area contributed by atoms with E-state index >= 15 is 0 Å². The van der Waals surface area contributed by atoms with Crippen molar-refractivity contribution in [2.24, 2.45) is 5.92 Å². The molecule has 3 N–H and O–H groups in total. The standard InChI is InChI=1S/C24H29ClN4O5/c1-13(2)5-20-14(3)6-17(9-26-20)24-28-23(29-34-24)16-7-15(4)22(19(25)8-16)33-12-18(31)10-27-21(32)11-30/h6-9,13,18,30-31H,5,10-12H2,1-4H3,(H,27,32)/t18-/m1/s1. The smallest absolute Gasteiger partial charge is 0.259 e. The van der Waals surface area contributed by atoms with Crippen LogP contribution in [0.5, 0.6) is 5.75 Å². The molecule has 0 saturated heterocycles. The number of ether oxygens (including phenoxy) is 1. The van der Waals surface area contributed by atoms with E-state index in [0.717, 1.165) is 28.8 Å². The first-order valence-corrected chi connectivity index (χ1v) is 11.3. The zero-order chi connectivity index (χ0) is 24.8. The van der Waals surface area contributed by atoms with Crippen LogP contribution >= 0.6 is 11.6 Å². The van der Waals surface area contributed by atoms with Gasteiger partial charge in [0, 0.05) is 24.0 Å². The van der Waals surface area contributed by atoms with Gasteiger partial charge in [-0.05, 0) is 55.5 Å². The molecule has 2 heterocycles. The molecule has 0 fully saturated rings. The van der Waals surface area contributed by atoms with E-state index < -0.39 is 18.6 Å². The van der Waals surface area contributed by atoms with Gasteiger partial charge in [0.15, 0.2) is 0 Å². The molecule has 1 atom stereocenters. The Morgan fingerprint density at radius 3 is 2.59 bits per heavy atom. The molecule has 0 aliphatic carbocycles. The molecule has 1 aromatic carbocycles. The molecular weight excluding hydrogens is 460 g/mol. The van der Waals surface area contributed by atoms with Crippen LogP contribution in [0.2, 0.25) is 5.02 Å². The largest absolute Gasteiger partial charge is 0.489 e. The van der Waals surface area contributed by atoms with Gasteiger partial charge >= 0.3 is 0 Å². The molecule has 0 radical (unpaired) electrons. The number of nitrogens with one attached hydrogen (secondary N) is 1. The predicted molar refractivity (Wildman–Crippen MR) is 128 cm³/mol. The third-order valence-electron chi connectivity index (χ3n) is 5.05. The predicted octanol–water partition coefficient (Wildman–Crippen LogP) is 3.12. The summed E-state index contributed by atoms with van der Waals surface area (Å²) in [6.45, 7) is 7.37. The van der Waals surface area contributed by atoms with Crippen molar-refractivity contribution in [3.63, 3.8) is 0 Å². The van der Waals surface area contributed by atoms with Crippen LogP contribution in [-0.2, 0) is 11.2 Å². The van der Waals surface area contributed by atoms with Gasteiger partial charge in [0.1, 0.15) is 25.1 Å². The van der Waals surface area contributed by atoms with Gasteiger partial charge in [-0.1, -0.05) is 30.6 Å². The summed E-state index contributed by atoms with van der Waals surface area (Å²) in [5.41, 5.74) is 4.24. The number of nitrogens with zero attached hydrogens (tertiary/aromatic N) is 3. The van der Waals surface area contributed by atoms with Crippen LogP contribution in [0.25, 0.3) is 22.8 Å². The van der Waals surface area contributed by atoms with Crippen LogP contribution < -0.4 is 10.1 Å². The minimum atomic E-state index is -0.964. The Balaban J connectivity index is 1.72. The second-order valence-corrected chi connectivity index (χ2v) is 8.95. The number of benzene rings is 1. The highest BCUT2D eigenvalue weighted by molar-refractivity contribution is 6.32. The summed E-state index contributed by atoms with van der Waals surface area (Å²) < 4.78 is 11.1. The number of rotatable bonds is 10. The molecule has 0 unspecified atom stereocenters. The molecule has 182 valence electrons. The topological polar surface area (TPSA) is 131 Å². The first-order valence-electron chi connectivity index (χ1n) is 11.0. The van der Waals surface area contributed by atoms with E-state index in [0.29, 0.717) is 34.0 Å². The average molecular weight is 489 g/mol. The first kappa shape index (κ1) is 25.6. The van der Waals surface area contributed by atoms with E-state index in [-0.39, 0.29) is 13.2 Å². The van der Waals surface area contributed by atoms with Crippen molar-refractivity contribution in [1.82, 2.24) is 20.4 Å². The fourth-order valence-electron chi connectivity index (χ4n) is 3.35. The highest BCUT2D eigenvalue weighted by Gasteiger charge is 2.17. The van der Waals surface area contributed by atoms with E-state index in [1.54, 1.807) is 12.3 Å². The first-order chi connectivity index (χ1) is 16.2. The number of carbonyl (C=O) groups excluding carboxylic acids is 1. The summed E-state index contributed by atoms with van der Waals surface area (Å²) in [4.78, 5) is 20.1. The summed E-state index contributed by atoms with van der Waals surface area (Å²) in [6, 6.07) is 5.46. The van der Waals surface area contributed by atoms with Crippen molar-refractivity contribution in [2.75, 3.05) is 19.8 Å². The lowest BCUT2D eigenvalue weighted by Gasteiger charge is -2.16. The SMILES string of the molecule is Cc1cc(-c2nc(-c3cc(C)c(OC[C@H](O)CNC(=O)CO)c(Cl)c3)no2)cnc1CC(C)C. The van der Waals surface area contributed by atoms with E-state index in [2.05, 4.69) is 34.3 Å². The van der Waals surface area contributed by atoms with Gasteiger partial charge in [0.2, 0.25) is 11.7 Å². The van der Waals surface area contributed by atoms with Gasteiger partial charge in [-0.3, -0.25) is 9.78 Å². The number of aromatic nitrogens is 3. The van der Waals surface area contributed by atoms with Gasteiger partial charge in [-0.2, -0.15) is 4.98 Å². The number of carbonyl (C=O) groups is 1. The number of halogens is 1. The van der Waals surface area contributed by atoms with Gasteiger partial charge in [0.05, 0.1) is 10.6 Å². The van der Waals surface area contributed by atoms with E-state index in [1.165, 1.54) is 0 Å². The van der Waals surface area contributed by atoms with Gasteiger partial charge in [0.25, 0.3) is 5.89 Å². The third-order valence-corrected chi connectivity index (χ3v) is 5.33. The minimum Gasteiger partial charge on any atom is -0.489 e. The molecule has 10 heteroatoms. The number of aliphatic hydroxyl groups is 2. The number of hydrogen-bond acceptors (Lipinski definition) is 8. The van der Waals surface area contributed by atoms with Crippen LogP contribution in [0.4, 0.5) is 0 Å². The maximum Gasteiger partial charge on any atom is 0.259 e. The molecule has 3 aromatic rings. The lowest BCUT2D eigenvalue weighted by atomic mass is 10.0. The molecule has 9 nitrogen and oxygen atoms in total. The highest BCUT2D eigenvalue weighted by Crippen LogP contribution is 2.34. The van der Waals surface area contributed by atoms with E-state index in [4.69, 9.17) is 26.0 Å². The monoisotopic (exact) mass is 488 g/mol. The second kappa shape index (κ2) is 11.4. The van der Waals surface area contributed by atoms with Crippen LogP contribution in [0.1, 0.15) is 30.7 Å². The maximum atomic E-state index is 11.1. The second-order valence-electron chi connectivity index (χ2n) is 8.54. The van der Waals surface area contributed by atoms with Crippen molar-refractivity contribution in [2.45, 2.75) is 40.2 Å². The normalized spacial score (nSPS) is 12.1. The van der Waals surface area contributed by atoms with Gasteiger partial charge in [-0.25, -0.2) is 0 Å². The summed E-state index contributed by atoms with van der Waals surface area (Å²) in [7, 11) is 0. The van der Waals surface area contributed by atoms with Crippen molar-refractivity contribution in [1.29, 1.82) is 0 Å². The fraction of sp³-hybridized carbons (Fsp3) is 0.417. The van der Waals surface area contributed by atoms with Crippen molar-refractivity contribution < 1.29 is 24.3 Å². The summed E-state index contributed by atoms with van der Waals surface area (Å²) in [6.07, 6.45) is 1.68. The Labute approximate surface area is 203 Å². The molecule has 34 heavy (non-hydrogen) atoms. The molecular formula is C24H29ClN4O5. The Kier molecular flexibility index (Phi) is 8.60. The molecule has 0 bridgehead atoms. The summed E-state index contributed by atoms with van der Waals surface area (Å²) in [5, 5.41) is 25.4. The van der Waals surface area contributed by atoms with Crippen molar-refractivity contribution in [3.8, 4) is 28.6 Å². The van der Waals surface area contributed by atoms with Crippen LogP contribution in [0, 0.1) is 19.8 Å². The van der Waals surface area contributed by atoms with Crippen LogP contribution in [0.15, 0.2) is 28.9 Å². The third kappa shape index (κ3) is 6.53. The summed E-state index contributed by atoms with van der Waals surface area (Å²) in [5.74, 6) is 1.09. The molecule has 0 aliphatic rings. The zero-order valence-corrected chi connectivity index (χ0v) is 20.4. The average Bonchev–Trinajstić information content (AvgIpc) is 3.28. The number of hydrogen-bond donors (Lipinski definition) is 3. The van der Waals surface area contributed by atoms with Gasteiger partial charge < -0.3 is 24.8 Å². The highest BCUT2D eigenvalue weighted by atomic mass is 35.5. The lowest BCUT2D eigenvalue weighted by molar-refractivity contribution is -0.124. The van der Waals surface area contributed by atoms with Gasteiger partial charge in [-0.15, -0.1) is 0 Å². The molecule has 2 aromatic heterocycles. The number of amides is 1.